The molecular weight excluding hydrogens is 496 g/mol. The highest BCUT2D eigenvalue weighted by atomic mass is 35.5. The number of likely N-dealkylation sites (tertiary alicyclic amines) is 1. The van der Waals surface area contributed by atoms with Gasteiger partial charge in [0.25, 0.3) is 0 Å². The number of pyridine rings is 1. The molecule has 2 aliphatic heterocycles. The third-order valence-corrected chi connectivity index (χ3v) is 7.37. The number of hydrogen-bond acceptors (Lipinski definition) is 6. The number of morpholine rings is 1. The summed E-state index contributed by atoms with van der Waals surface area (Å²) in [6.45, 7) is 4.92. The highest BCUT2D eigenvalue weighted by Gasteiger charge is 2.41. The minimum atomic E-state index is -0.696. The average molecular weight is 527 g/mol. The number of fused-ring (bicyclic) bond motifs is 3. The minimum absolute atomic E-state index is 0.0153. The van der Waals surface area contributed by atoms with Crippen molar-refractivity contribution in [3.63, 3.8) is 0 Å². The Morgan fingerprint density at radius 3 is 2.81 bits per heavy atom. The molecule has 3 N–H and O–H groups in total. The number of halogens is 1. The molecule has 5 rings (SSSR count). The third kappa shape index (κ3) is 5.01. The zero-order chi connectivity index (χ0) is 26.3. The van der Waals surface area contributed by atoms with Crippen molar-refractivity contribution < 1.29 is 19.1 Å². The van der Waals surface area contributed by atoms with Crippen LogP contribution in [0.25, 0.3) is 21.8 Å². The predicted octanol–water partition coefficient (Wildman–Crippen LogP) is 2.52. The fraction of sp³-hybridized carbons (Fsp3) is 0.462. The van der Waals surface area contributed by atoms with Crippen LogP contribution in [0.2, 0.25) is 5.02 Å². The van der Waals surface area contributed by atoms with Crippen molar-refractivity contribution in [3.05, 3.63) is 35.6 Å². The Balaban J connectivity index is 1.39. The van der Waals surface area contributed by atoms with Gasteiger partial charge in [0.15, 0.2) is 0 Å². The molecule has 10 nitrogen and oxygen atoms in total. The number of amides is 3. The van der Waals surface area contributed by atoms with E-state index in [0.717, 1.165) is 28.2 Å². The summed E-state index contributed by atoms with van der Waals surface area (Å²) in [4.78, 5) is 50.1. The predicted molar refractivity (Wildman–Crippen MR) is 141 cm³/mol. The Kier molecular flexibility index (Phi) is 6.82. The lowest BCUT2D eigenvalue weighted by Crippen LogP contribution is -2.60. The Morgan fingerprint density at radius 1 is 1.22 bits per heavy atom. The molecule has 2 aliphatic rings. The van der Waals surface area contributed by atoms with Gasteiger partial charge in [0.2, 0.25) is 17.7 Å². The van der Waals surface area contributed by atoms with Gasteiger partial charge in [0.05, 0.1) is 41.7 Å². The standard InChI is InChI=1S/C26H31ClN6O4/c1-26(2)14-32(12-22(34)33-8-4-5-20(33)24(35)28-3)21(13-37-26)25(36)31-18-10-15(27)9-17-16-6-7-29-11-19(16)30-23(17)18/h6-7,9-11,20-21,30H,4-5,8,12-14H2,1-3H3,(H,28,35)(H,31,36). The summed E-state index contributed by atoms with van der Waals surface area (Å²) in [6, 6.07) is 4.27. The first-order valence-electron chi connectivity index (χ1n) is 12.4. The van der Waals surface area contributed by atoms with E-state index in [9.17, 15) is 14.4 Å². The van der Waals surface area contributed by atoms with Crippen molar-refractivity contribution in [3.8, 4) is 0 Å². The van der Waals surface area contributed by atoms with E-state index in [1.54, 1.807) is 30.4 Å². The van der Waals surface area contributed by atoms with Crippen LogP contribution in [0.1, 0.15) is 26.7 Å². The maximum Gasteiger partial charge on any atom is 0.244 e. The SMILES string of the molecule is CNC(=O)C1CCCN1C(=O)CN1CC(C)(C)OCC1C(=O)Nc1cc(Cl)cc2c1[nH]c1cnccc12. The van der Waals surface area contributed by atoms with Crippen LogP contribution in [0, 0.1) is 0 Å². The van der Waals surface area contributed by atoms with E-state index in [1.165, 1.54) is 0 Å². The molecule has 2 fully saturated rings. The zero-order valence-electron chi connectivity index (χ0n) is 21.1. The monoisotopic (exact) mass is 526 g/mol. The van der Waals surface area contributed by atoms with Gasteiger partial charge in [-0.1, -0.05) is 11.6 Å². The fourth-order valence-corrected chi connectivity index (χ4v) is 5.58. The van der Waals surface area contributed by atoms with Gasteiger partial charge in [0.1, 0.15) is 12.1 Å². The maximum absolute atomic E-state index is 13.6. The van der Waals surface area contributed by atoms with E-state index >= 15 is 0 Å². The fourth-order valence-electron chi connectivity index (χ4n) is 5.36. The number of likely N-dealkylation sites (N-methyl/N-ethyl adjacent to an activating group) is 1. The molecule has 3 amide bonds. The molecule has 196 valence electrons. The molecule has 0 aliphatic carbocycles. The maximum atomic E-state index is 13.6. The zero-order valence-corrected chi connectivity index (χ0v) is 21.9. The van der Waals surface area contributed by atoms with Crippen LogP contribution in [0.5, 0.6) is 0 Å². The molecule has 2 atom stereocenters. The van der Waals surface area contributed by atoms with Crippen molar-refractivity contribution in [2.45, 2.75) is 44.4 Å². The number of nitrogens with zero attached hydrogens (tertiary/aromatic N) is 3. The van der Waals surface area contributed by atoms with Crippen LogP contribution in [0.4, 0.5) is 5.69 Å². The number of aromatic nitrogens is 2. The van der Waals surface area contributed by atoms with Crippen LogP contribution in [0.15, 0.2) is 30.6 Å². The molecule has 1 aromatic carbocycles. The molecule has 2 saturated heterocycles. The highest BCUT2D eigenvalue weighted by Crippen LogP contribution is 2.33. The first-order chi connectivity index (χ1) is 17.7. The molecule has 11 heteroatoms. The van der Waals surface area contributed by atoms with E-state index in [-0.39, 0.29) is 30.9 Å². The third-order valence-electron chi connectivity index (χ3n) is 7.15. The molecule has 4 heterocycles. The van der Waals surface area contributed by atoms with Crippen LogP contribution >= 0.6 is 11.6 Å². The molecule has 2 unspecified atom stereocenters. The summed E-state index contributed by atoms with van der Waals surface area (Å²) >= 11 is 6.41. The number of ether oxygens (including phenoxy) is 1. The molecule has 3 aromatic rings. The van der Waals surface area contributed by atoms with E-state index < -0.39 is 17.7 Å². The van der Waals surface area contributed by atoms with Crippen LogP contribution in [0.3, 0.4) is 0 Å². The number of carbonyl (C=O) groups excluding carboxylic acids is 3. The van der Waals surface area contributed by atoms with Crippen molar-refractivity contribution >= 4 is 56.8 Å². The Morgan fingerprint density at radius 2 is 2.03 bits per heavy atom. The van der Waals surface area contributed by atoms with E-state index in [0.29, 0.717) is 30.2 Å². The second-order valence-corrected chi connectivity index (χ2v) is 10.7. The summed E-state index contributed by atoms with van der Waals surface area (Å²) in [5.74, 6) is -0.635. The molecular formula is C26H31ClN6O4. The first kappa shape index (κ1) is 25.4. The molecule has 0 spiro atoms. The largest absolute Gasteiger partial charge is 0.372 e. The Hall–Kier alpha value is -3.21. The Labute approximate surface area is 219 Å². The lowest BCUT2D eigenvalue weighted by atomic mass is 10.0. The van der Waals surface area contributed by atoms with E-state index in [1.807, 2.05) is 30.9 Å². The summed E-state index contributed by atoms with van der Waals surface area (Å²) in [5.41, 5.74) is 1.59. The van der Waals surface area contributed by atoms with Crippen LogP contribution in [-0.4, -0.2) is 88.5 Å². The summed E-state index contributed by atoms with van der Waals surface area (Å²) in [6.07, 6.45) is 4.84. The topological polar surface area (TPSA) is 120 Å². The Bertz CT molecular complexity index is 1370. The minimum Gasteiger partial charge on any atom is -0.372 e. The number of aromatic amines is 1. The highest BCUT2D eigenvalue weighted by molar-refractivity contribution is 6.33. The number of carbonyl (C=O) groups is 3. The van der Waals surface area contributed by atoms with Crippen molar-refractivity contribution in [1.82, 2.24) is 25.1 Å². The van der Waals surface area contributed by atoms with Gasteiger partial charge < -0.3 is 25.3 Å². The molecule has 0 saturated carbocycles. The van der Waals surface area contributed by atoms with Gasteiger partial charge in [-0.2, -0.15) is 0 Å². The van der Waals surface area contributed by atoms with Crippen molar-refractivity contribution in [2.24, 2.45) is 0 Å². The molecule has 0 radical (unpaired) electrons. The normalized spacial score (nSPS) is 21.9. The van der Waals surface area contributed by atoms with E-state index in [2.05, 4.69) is 20.6 Å². The number of rotatable bonds is 5. The van der Waals surface area contributed by atoms with Gasteiger partial charge in [-0.25, -0.2) is 0 Å². The number of benzene rings is 1. The summed E-state index contributed by atoms with van der Waals surface area (Å²) < 4.78 is 5.98. The molecule has 2 aromatic heterocycles. The van der Waals surface area contributed by atoms with Gasteiger partial charge >= 0.3 is 0 Å². The summed E-state index contributed by atoms with van der Waals surface area (Å²) in [5, 5.41) is 7.97. The van der Waals surface area contributed by atoms with Gasteiger partial charge in [0, 0.05) is 42.1 Å². The quantitative estimate of drug-likeness (QED) is 0.470. The number of hydrogen-bond donors (Lipinski definition) is 3. The van der Waals surface area contributed by atoms with Crippen LogP contribution < -0.4 is 10.6 Å². The molecule has 0 bridgehead atoms. The number of H-pyrrole nitrogens is 1. The van der Waals surface area contributed by atoms with Crippen molar-refractivity contribution in [2.75, 3.05) is 38.6 Å². The van der Waals surface area contributed by atoms with Crippen molar-refractivity contribution in [1.29, 1.82) is 0 Å². The second-order valence-electron chi connectivity index (χ2n) is 10.3. The van der Waals surface area contributed by atoms with Crippen LogP contribution in [-0.2, 0) is 19.1 Å². The van der Waals surface area contributed by atoms with Gasteiger partial charge in [-0.15, -0.1) is 0 Å². The smallest absolute Gasteiger partial charge is 0.244 e. The lowest BCUT2D eigenvalue weighted by molar-refractivity contribution is -0.152. The summed E-state index contributed by atoms with van der Waals surface area (Å²) in [7, 11) is 1.57. The van der Waals surface area contributed by atoms with Gasteiger partial charge in [-0.3, -0.25) is 24.3 Å². The number of anilines is 1. The second kappa shape index (κ2) is 9.92. The lowest BCUT2D eigenvalue weighted by Gasteiger charge is -2.43. The number of nitrogens with one attached hydrogen (secondary N) is 3. The molecule has 37 heavy (non-hydrogen) atoms. The average Bonchev–Trinajstić information content (AvgIpc) is 3.48. The first-order valence-corrected chi connectivity index (χ1v) is 12.8. The van der Waals surface area contributed by atoms with Gasteiger partial charge in [-0.05, 0) is 44.9 Å². The van der Waals surface area contributed by atoms with E-state index in [4.69, 9.17) is 16.3 Å².